The summed E-state index contributed by atoms with van der Waals surface area (Å²) >= 11 is 2.83. The van der Waals surface area contributed by atoms with E-state index in [1.165, 1.54) is 15.6 Å². The Balaban J connectivity index is 1.26. The van der Waals surface area contributed by atoms with E-state index in [4.69, 9.17) is 0 Å². The second kappa shape index (κ2) is 8.36. The Bertz CT molecular complexity index is 1160. The van der Waals surface area contributed by atoms with Gasteiger partial charge in [0.25, 0.3) is 10.0 Å². The quantitative estimate of drug-likeness (QED) is 0.640. The van der Waals surface area contributed by atoms with Crippen LogP contribution in [0.4, 0.5) is 11.4 Å². The van der Waals surface area contributed by atoms with Gasteiger partial charge < -0.3 is 15.3 Å². The Labute approximate surface area is 195 Å². The predicted molar refractivity (Wildman–Crippen MR) is 128 cm³/mol. The van der Waals surface area contributed by atoms with Gasteiger partial charge in [-0.3, -0.25) is 14.1 Å². The van der Waals surface area contributed by atoms with Crippen molar-refractivity contribution in [1.82, 2.24) is 4.90 Å². The van der Waals surface area contributed by atoms with Gasteiger partial charge in [0.2, 0.25) is 5.91 Å². The number of β-amino-alcohol motifs (C(OH)–C–C–N with tert-alkyl or cyclic N) is 1. The van der Waals surface area contributed by atoms with Crippen LogP contribution in [-0.4, -0.2) is 73.5 Å². The molecule has 2 unspecified atom stereocenters. The molecule has 0 aliphatic carbocycles. The van der Waals surface area contributed by atoms with Crippen molar-refractivity contribution >= 4 is 55.4 Å². The molecular formula is C21H24N4O4S3. The number of amides is 1. The molecule has 11 heteroatoms. The van der Waals surface area contributed by atoms with Gasteiger partial charge in [-0.2, -0.15) is 0 Å². The number of carbonyl (C=O) groups excluding carboxylic acids is 1. The summed E-state index contributed by atoms with van der Waals surface area (Å²) in [6.07, 6.45) is 0.747. The van der Waals surface area contributed by atoms with E-state index >= 15 is 0 Å². The summed E-state index contributed by atoms with van der Waals surface area (Å²) in [5.74, 6) is 0.0645. The number of rotatable bonds is 6. The van der Waals surface area contributed by atoms with Crippen molar-refractivity contribution < 1.29 is 18.3 Å². The van der Waals surface area contributed by atoms with Crippen LogP contribution in [0.25, 0.3) is 0 Å². The van der Waals surface area contributed by atoms with Gasteiger partial charge >= 0.3 is 0 Å². The second-order valence-corrected chi connectivity index (χ2v) is 12.7. The molecule has 8 nitrogen and oxygen atoms in total. The number of carbonyl (C=O) groups is 1. The summed E-state index contributed by atoms with van der Waals surface area (Å²) in [7, 11) is -2.04. The number of fused-ring (bicyclic) bond motifs is 1. The number of hydrogen-bond acceptors (Lipinski definition) is 8. The van der Waals surface area contributed by atoms with Crippen LogP contribution in [0.1, 0.15) is 12.0 Å². The molecule has 1 aromatic heterocycles. The molecule has 32 heavy (non-hydrogen) atoms. The molecule has 0 radical (unpaired) electrons. The standard InChI is InChI=1S/C21H24N4O4S3/c1-24(32(28,29)19-6-3-7-30-19)17-5-2-4-13-8-16(23-20(13)17)21-22-10-15(31-21)9-18(27)25-11-14(26)12-25/h2-7,14-16,23,26H,8-12H2,1H3. The van der Waals surface area contributed by atoms with Crippen LogP contribution in [-0.2, 0) is 21.2 Å². The van der Waals surface area contributed by atoms with Crippen LogP contribution in [0.2, 0.25) is 0 Å². The van der Waals surface area contributed by atoms with E-state index in [1.54, 1.807) is 41.2 Å². The first-order valence-corrected chi connectivity index (χ1v) is 13.6. The zero-order chi connectivity index (χ0) is 22.5. The summed E-state index contributed by atoms with van der Waals surface area (Å²) in [6, 6.07) is 9.02. The molecule has 0 bridgehead atoms. The fourth-order valence-corrected chi connectivity index (χ4v) is 7.71. The molecule has 3 aliphatic heterocycles. The minimum absolute atomic E-state index is 0.0278. The third-order valence-corrected chi connectivity index (χ3v) is 10.4. The van der Waals surface area contributed by atoms with Crippen molar-refractivity contribution in [1.29, 1.82) is 0 Å². The Morgan fingerprint density at radius 3 is 2.84 bits per heavy atom. The average Bonchev–Trinajstić information content (AvgIpc) is 3.50. The monoisotopic (exact) mass is 492 g/mol. The number of aliphatic imine (C=N–C) groups is 1. The van der Waals surface area contributed by atoms with Gasteiger partial charge in [-0.25, -0.2) is 8.42 Å². The zero-order valence-electron chi connectivity index (χ0n) is 17.5. The molecule has 0 saturated carbocycles. The van der Waals surface area contributed by atoms with Crippen molar-refractivity contribution in [2.45, 2.75) is 34.4 Å². The highest BCUT2D eigenvalue weighted by molar-refractivity contribution is 8.15. The Hall–Kier alpha value is -2.08. The molecule has 1 saturated heterocycles. The van der Waals surface area contributed by atoms with E-state index in [9.17, 15) is 18.3 Å². The second-order valence-electron chi connectivity index (χ2n) is 8.19. The third kappa shape index (κ3) is 3.91. The van der Waals surface area contributed by atoms with Gasteiger partial charge in [0.1, 0.15) is 4.21 Å². The van der Waals surface area contributed by atoms with Crippen molar-refractivity contribution in [3.05, 3.63) is 41.3 Å². The Kier molecular flexibility index (Phi) is 5.68. The number of aliphatic hydroxyl groups excluding tert-OH is 1. The number of likely N-dealkylation sites (tertiary alicyclic amines) is 1. The van der Waals surface area contributed by atoms with Gasteiger partial charge in [0.05, 0.1) is 35.1 Å². The molecular weight excluding hydrogens is 468 g/mol. The number of nitrogens with zero attached hydrogens (tertiary/aromatic N) is 3. The normalized spacial score (nSPS) is 22.8. The Morgan fingerprint density at radius 1 is 1.31 bits per heavy atom. The molecule has 4 heterocycles. The van der Waals surface area contributed by atoms with Gasteiger partial charge in [-0.1, -0.05) is 18.2 Å². The number of thiophene rings is 1. The maximum absolute atomic E-state index is 13.0. The third-order valence-electron chi connectivity index (χ3n) is 5.97. The molecule has 2 N–H and O–H groups in total. The number of hydrogen-bond donors (Lipinski definition) is 2. The first-order chi connectivity index (χ1) is 15.3. The lowest BCUT2D eigenvalue weighted by Crippen LogP contribution is -2.53. The van der Waals surface area contributed by atoms with E-state index in [-0.39, 0.29) is 23.3 Å². The van der Waals surface area contributed by atoms with Crippen LogP contribution in [0, 0.1) is 0 Å². The summed E-state index contributed by atoms with van der Waals surface area (Å²) in [5, 5.41) is 15.7. The highest BCUT2D eigenvalue weighted by Gasteiger charge is 2.36. The smallest absolute Gasteiger partial charge is 0.273 e. The van der Waals surface area contributed by atoms with Gasteiger partial charge in [0, 0.05) is 38.2 Å². The molecule has 2 aromatic rings. The molecule has 5 rings (SSSR count). The fraction of sp³-hybridized carbons (Fsp3) is 0.429. The van der Waals surface area contributed by atoms with Crippen LogP contribution in [0.15, 0.2) is 44.9 Å². The lowest BCUT2D eigenvalue weighted by Gasteiger charge is -2.36. The molecule has 1 fully saturated rings. The van der Waals surface area contributed by atoms with Gasteiger partial charge in [0.15, 0.2) is 0 Å². The topological polar surface area (TPSA) is 102 Å². The van der Waals surface area contributed by atoms with Gasteiger partial charge in [-0.15, -0.1) is 23.1 Å². The highest BCUT2D eigenvalue weighted by Crippen LogP contribution is 2.40. The summed E-state index contributed by atoms with van der Waals surface area (Å²) < 4.78 is 27.7. The molecule has 2 atom stereocenters. The number of anilines is 2. The fourth-order valence-electron chi connectivity index (χ4n) is 4.17. The average molecular weight is 493 g/mol. The number of para-hydroxylation sites is 1. The lowest BCUT2D eigenvalue weighted by molar-refractivity contribution is -0.141. The number of thioether (sulfide) groups is 1. The molecule has 3 aliphatic rings. The minimum Gasteiger partial charge on any atom is -0.389 e. The lowest BCUT2D eigenvalue weighted by atomic mass is 10.1. The first-order valence-electron chi connectivity index (χ1n) is 10.4. The van der Waals surface area contributed by atoms with E-state index in [0.29, 0.717) is 36.0 Å². The van der Waals surface area contributed by atoms with Crippen molar-refractivity contribution in [2.24, 2.45) is 4.99 Å². The van der Waals surface area contributed by atoms with Crippen molar-refractivity contribution in [3.63, 3.8) is 0 Å². The van der Waals surface area contributed by atoms with E-state index in [0.717, 1.165) is 22.7 Å². The SMILES string of the molecule is CN(c1cccc2c1NC(C1=NCC(CC(=O)N3CC(O)C3)S1)C2)S(=O)(=O)c1cccs1. The van der Waals surface area contributed by atoms with Crippen LogP contribution in [0.3, 0.4) is 0 Å². The van der Waals surface area contributed by atoms with Crippen LogP contribution in [0.5, 0.6) is 0 Å². The first kappa shape index (κ1) is 21.7. The van der Waals surface area contributed by atoms with Crippen molar-refractivity contribution in [3.8, 4) is 0 Å². The summed E-state index contributed by atoms with van der Waals surface area (Å²) in [6.45, 7) is 1.44. The number of aliphatic hydroxyl groups is 1. The molecule has 1 aromatic carbocycles. The molecule has 0 spiro atoms. The summed E-state index contributed by atoms with van der Waals surface area (Å²) in [4.78, 5) is 18.7. The van der Waals surface area contributed by atoms with Crippen LogP contribution >= 0.6 is 23.1 Å². The highest BCUT2D eigenvalue weighted by atomic mass is 32.2. The number of benzene rings is 1. The van der Waals surface area contributed by atoms with E-state index in [1.807, 2.05) is 18.2 Å². The van der Waals surface area contributed by atoms with Crippen molar-refractivity contribution in [2.75, 3.05) is 36.3 Å². The minimum atomic E-state index is -3.62. The summed E-state index contributed by atoms with van der Waals surface area (Å²) in [5.41, 5.74) is 2.49. The maximum Gasteiger partial charge on any atom is 0.273 e. The van der Waals surface area contributed by atoms with E-state index in [2.05, 4.69) is 10.3 Å². The number of sulfonamides is 1. The largest absolute Gasteiger partial charge is 0.389 e. The van der Waals surface area contributed by atoms with Crippen LogP contribution < -0.4 is 9.62 Å². The zero-order valence-corrected chi connectivity index (χ0v) is 19.9. The predicted octanol–water partition coefficient (Wildman–Crippen LogP) is 2.02. The maximum atomic E-state index is 13.0. The van der Waals surface area contributed by atoms with Gasteiger partial charge in [-0.05, 0) is 23.1 Å². The van der Waals surface area contributed by atoms with E-state index < -0.39 is 10.0 Å². The molecule has 1 amide bonds. The Morgan fingerprint density at radius 2 is 2.12 bits per heavy atom. The molecule has 170 valence electrons. The number of nitrogens with one attached hydrogen (secondary N) is 1.